The standard InChI is InChI=1S/C15H21N5O3/c1-10(2)3-8-13(15(22)19-23)14(21)18-12-6-4-11(5-7-12)9-17-20-16/h4-7,10,13,23H,3,8-9H2,1-2H3,(H,18,21)(H,19,22). The summed E-state index contributed by atoms with van der Waals surface area (Å²) in [7, 11) is 0. The van der Waals surface area contributed by atoms with Crippen LogP contribution in [0.15, 0.2) is 29.4 Å². The molecule has 0 spiro atoms. The lowest BCUT2D eigenvalue weighted by Crippen LogP contribution is -2.37. The first kappa shape index (κ1) is 18.5. The fourth-order valence-corrected chi connectivity index (χ4v) is 2.00. The highest BCUT2D eigenvalue weighted by atomic mass is 16.5. The van der Waals surface area contributed by atoms with Gasteiger partial charge in [-0.1, -0.05) is 31.1 Å². The van der Waals surface area contributed by atoms with Crippen molar-refractivity contribution in [1.29, 1.82) is 0 Å². The van der Waals surface area contributed by atoms with Crippen molar-refractivity contribution in [3.63, 3.8) is 0 Å². The molecule has 1 rings (SSSR count). The quantitative estimate of drug-likeness (QED) is 0.170. The van der Waals surface area contributed by atoms with Gasteiger partial charge in [0.05, 0.1) is 6.54 Å². The molecule has 1 atom stereocenters. The zero-order valence-corrected chi connectivity index (χ0v) is 13.2. The van der Waals surface area contributed by atoms with Crippen LogP contribution in [-0.2, 0) is 16.1 Å². The number of carbonyl (C=O) groups excluding carboxylic acids is 2. The van der Waals surface area contributed by atoms with E-state index in [-0.39, 0.29) is 6.54 Å². The van der Waals surface area contributed by atoms with Crippen LogP contribution < -0.4 is 10.8 Å². The Morgan fingerprint density at radius 1 is 1.22 bits per heavy atom. The van der Waals surface area contributed by atoms with Gasteiger partial charge in [0, 0.05) is 10.6 Å². The third-order valence-electron chi connectivity index (χ3n) is 3.31. The van der Waals surface area contributed by atoms with E-state index < -0.39 is 17.7 Å². The van der Waals surface area contributed by atoms with Gasteiger partial charge in [0.1, 0.15) is 5.92 Å². The molecule has 23 heavy (non-hydrogen) atoms. The summed E-state index contributed by atoms with van der Waals surface area (Å²) in [6.07, 6.45) is 1.04. The van der Waals surface area contributed by atoms with Crippen LogP contribution in [0.5, 0.6) is 0 Å². The fraction of sp³-hybridized carbons (Fsp3) is 0.467. The molecule has 8 heteroatoms. The van der Waals surface area contributed by atoms with Gasteiger partial charge in [-0.15, -0.1) is 0 Å². The van der Waals surface area contributed by atoms with Crippen molar-refractivity contribution in [2.24, 2.45) is 17.0 Å². The molecule has 3 N–H and O–H groups in total. The molecule has 1 aromatic rings. The first-order valence-corrected chi connectivity index (χ1v) is 7.32. The number of amides is 2. The Kier molecular flexibility index (Phi) is 7.59. The summed E-state index contributed by atoms with van der Waals surface area (Å²) in [5, 5.41) is 14.9. The molecule has 1 aromatic carbocycles. The van der Waals surface area contributed by atoms with Crippen LogP contribution in [0.3, 0.4) is 0 Å². The minimum atomic E-state index is -0.953. The molecule has 0 aliphatic rings. The predicted octanol–water partition coefficient (Wildman–Crippen LogP) is 2.99. The van der Waals surface area contributed by atoms with Gasteiger partial charge in [-0.3, -0.25) is 14.8 Å². The number of rotatable bonds is 8. The minimum Gasteiger partial charge on any atom is -0.325 e. The molecule has 0 radical (unpaired) electrons. The Balaban J connectivity index is 2.73. The second-order valence-electron chi connectivity index (χ2n) is 5.57. The van der Waals surface area contributed by atoms with Gasteiger partial charge >= 0.3 is 0 Å². The lowest BCUT2D eigenvalue weighted by atomic mass is 9.96. The minimum absolute atomic E-state index is 0.231. The molecule has 8 nitrogen and oxygen atoms in total. The highest BCUT2D eigenvalue weighted by molar-refractivity contribution is 6.06. The van der Waals surface area contributed by atoms with Crippen LogP contribution in [0.4, 0.5) is 5.69 Å². The molecule has 1 unspecified atom stereocenters. The van der Waals surface area contributed by atoms with Crippen LogP contribution in [0.2, 0.25) is 0 Å². The molecule has 0 heterocycles. The number of nitrogens with one attached hydrogen (secondary N) is 2. The van der Waals surface area contributed by atoms with Crippen LogP contribution in [0.1, 0.15) is 32.3 Å². The van der Waals surface area contributed by atoms with Crippen LogP contribution in [-0.4, -0.2) is 17.0 Å². The van der Waals surface area contributed by atoms with Crippen molar-refractivity contribution in [1.82, 2.24) is 5.48 Å². The van der Waals surface area contributed by atoms with Gasteiger partial charge in [0.15, 0.2) is 0 Å². The monoisotopic (exact) mass is 319 g/mol. The summed E-state index contributed by atoms with van der Waals surface area (Å²) < 4.78 is 0. The number of benzene rings is 1. The zero-order valence-electron chi connectivity index (χ0n) is 13.2. The number of hydrogen-bond donors (Lipinski definition) is 3. The smallest absolute Gasteiger partial charge is 0.255 e. The molecule has 0 saturated carbocycles. The predicted molar refractivity (Wildman–Crippen MR) is 85.4 cm³/mol. The Hall–Kier alpha value is -2.57. The number of carbonyl (C=O) groups is 2. The van der Waals surface area contributed by atoms with Gasteiger partial charge in [-0.2, -0.15) is 0 Å². The highest BCUT2D eigenvalue weighted by Gasteiger charge is 2.26. The van der Waals surface area contributed by atoms with Crippen molar-refractivity contribution >= 4 is 17.5 Å². The molecule has 2 amide bonds. The number of nitrogens with zero attached hydrogens (tertiary/aromatic N) is 3. The molecule has 0 bridgehead atoms. The summed E-state index contributed by atoms with van der Waals surface area (Å²) in [5.74, 6) is -1.80. The van der Waals surface area contributed by atoms with Gasteiger partial charge < -0.3 is 5.32 Å². The number of azide groups is 1. The summed E-state index contributed by atoms with van der Waals surface area (Å²) in [6.45, 7) is 4.22. The zero-order chi connectivity index (χ0) is 17.2. The van der Waals surface area contributed by atoms with Gasteiger partial charge in [0.25, 0.3) is 5.91 Å². The molecule has 0 saturated heterocycles. The molecular formula is C15H21N5O3. The summed E-state index contributed by atoms with van der Waals surface area (Å²) in [4.78, 5) is 26.6. The van der Waals surface area contributed by atoms with Crippen molar-refractivity contribution < 1.29 is 14.8 Å². The van der Waals surface area contributed by atoms with E-state index in [1.165, 1.54) is 0 Å². The average Bonchev–Trinajstić information content (AvgIpc) is 2.53. The van der Waals surface area contributed by atoms with E-state index in [4.69, 9.17) is 10.7 Å². The normalized spacial score (nSPS) is 11.5. The maximum atomic E-state index is 12.2. The Bertz CT molecular complexity index is 579. The lowest BCUT2D eigenvalue weighted by molar-refractivity contribution is -0.139. The SMILES string of the molecule is CC(C)CCC(C(=O)NO)C(=O)Nc1ccc(CN=[N+]=[N-])cc1. The van der Waals surface area contributed by atoms with E-state index in [2.05, 4.69) is 15.3 Å². The molecule has 0 aliphatic heterocycles. The molecular weight excluding hydrogens is 298 g/mol. The summed E-state index contributed by atoms with van der Waals surface area (Å²) in [6, 6.07) is 6.77. The summed E-state index contributed by atoms with van der Waals surface area (Å²) in [5.41, 5.74) is 11.1. The lowest BCUT2D eigenvalue weighted by Gasteiger charge is -2.16. The van der Waals surface area contributed by atoms with E-state index >= 15 is 0 Å². The number of hydroxylamine groups is 1. The maximum absolute atomic E-state index is 12.2. The summed E-state index contributed by atoms with van der Waals surface area (Å²) >= 11 is 0. The van der Waals surface area contributed by atoms with Crippen LogP contribution in [0, 0.1) is 11.8 Å². The van der Waals surface area contributed by atoms with Gasteiger partial charge in [-0.05, 0) is 42.0 Å². The third-order valence-corrected chi connectivity index (χ3v) is 3.31. The van der Waals surface area contributed by atoms with Gasteiger partial charge in [-0.25, -0.2) is 5.48 Å². The van der Waals surface area contributed by atoms with Crippen molar-refractivity contribution in [3.8, 4) is 0 Å². The van der Waals surface area contributed by atoms with Crippen molar-refractivity contribution in [2.45, 2.75) is 33.2 Å². The van der Waals surface area contributed by atoms with Crippen molar-refractivity contribution in [3.05, 3.63) is 40.3 Å². The number of hydrogen-bond acceptors (Lipinski definition) is 4. The highest BCUT2D eigenvalue weighted by Crippen LogP contribution is 2.16. The number of anilines is 1. The maximum Gasteiger partial charge on any atom is 0.255 e. The molecule has 0 aliphatic carbocycles. The first-order chi connectivity index (χ1) is 11.0. The van der Waals surface area contributed by atoms with Crippen molar-refractivity contribution in [2.75, 3.05) is 5.32 Å². The second kappa shape index (κ2) is 9.45. The fourth-order valence-electron chi connectivity index (χ4n) is 2.00. The van der Waals surface area contributed by atoms with E-state index in [0.29, 0.717) is 24.4 Å². The molecule has 0 fully saturated rings. The molecule has 124 valence electrons. The van der Waals surface area contributed by atoms with E-state index in [1.54, 1.807) is 29.7 Å². The topological polar surface area (TPSA) is 127 Å². The van der Waals surface area contributed by atoms with E-state index in [9.17, 15) is 9.59 Å². The van der Waals surface area contributed by atoms with Crippen LogP contribution in [0.25, 0.3) is 10.4 Å². The first-order valence-electron chi connectivity index (χ1n) is 7.32. The van der Waals surface area contributed by atoms with E-state index in [1.807, 2.05) is 13.8 Å². The third kappa shape index (κ3) is 6.37. The average molecular weight is 319 g/mol. The second-order valence-corrected chi connectivity index (χ2v) is 5.57. The van der Waals surface area contributed by atoms with E-state index in [0.717, 1.165) is 5.56 Å². The Morgan fingerprint density at radius 2 is 1.87 bits per heavy atom. The largest absolute Gasteiger partial charge is 0.325 e. The Labute approximate surface area is 134 Å². The Morgan fingerprint density at radius 3 is 2.39 bits per heavy atom. The van der Waals surface area contributed by atoms with Gasteiger partial charge in [0.2, 0.25) is 5.91 Å². The molecule has 0 aromatic heterocycles. The van der Waals surface area contributed by atoms with Crippen LogP contribution >= 0.6 is 0 Å².